The van der Waals surface area contributed by atoms with Crippen LogP contribution in [0.5, 0.6) is 5.75 Å². The molecule has 0 aromatic heterocycles. The first-order valence-corrected chi connectivity index (χ1v) is 7.77. The highest BCUT2D eigenvalue weighted by Crippen LogP contribution is 2.33. The Labute approximate surface area is 127 Å². The average molecular weight is 281 g/mol. The van der Waals surface area contributed by atoms with Crippen LogP contribution in [-0.4, -0.2) is 13.2 Å². The number of benzene rings is 2. The third-order valence-corrected chi connectivity index (χ3v) is 4.18. The molecule has 0 spiro atoms. The van der Waals surface area contributed by atoms with Gasteiger partial charge in [0.15, 0.2) is 0 Å². The van der Waals surface area contributed by atoms with Gasteiger partial charge in [-0.2, -0.15) is 0 Å². The molecule has 1 fully saturated rings. The summed E-state index contributed by atoms with van der Waals surface area (Å²) in [5, 5.41) is 3.46. The molecule has 1 aliphatic carbocycles. The molecule has 1 N–H and O–H groups in total. The molecule has 0 amide bonds. The molecule has 1 aliphatic rings. The van der Waals surface area contributed by atoms with Gasteiger partial charge < -0.3 is 10.1 Å². The van der Waals surface area contributed by atoms with Gasteiger partial charge in [-0.15, -0.1) is 0 Å². The smallest absolute Gasteiger partial charge is 0.120 e. The Morgan fingerprint density at radius 3 is 2.38 bits per heavy atom. The lowest BCUT2D eigenvalue weighted by Gasteiger charge is -2.25. The number of hydrogen-bond acceptors (Lipinski definition) is 2. The third-order valence-electron chi connectivity index (χ3n) is 4.18. The fraction of sp³-hybridized carbons (Fsp3) is 0.368. The number of likely N-dealkylation sites (N-methyl/N-ethyl adjacent to an activating group) is 1. The van der Waals surface area contributed by atoms with Crippen LogP contribution in [0.25, 0.3) is 0 Å². The number of hydrogen-bond donors (Lipinski definition) is 1. The van der Waals surface area contributed by atoms with Crippen molar-refractivity contribution in [2.75, 3.05) is 7.05 Å². The molecule has 2 heteroatoms. The van der Waals surface area contributed by atoms with Crippen molar-refractivity contribution < 1.29 is 4.74 Å². The maximum atomic E-state index is 5.92. The molecule has 0 bridgehead atoms. The van der Waals surface area contributed by atoms with E-state index < -0.39 is 0 Å². The third kappa shape index (κ3) is 3.45. The van der Waals surface area contributed by atoms with E-state index in [1.807, 2.05) is 7.05 Å². The summed E-state index contributed by atoms with van der Waals surface area (Å²) in [7, 11) is 2.03. The van der Waals surface area contributed by atoms with Crippen LogP contribution in [0.1, 0.15) is 42.9 Å². The first kappa shape index (κ1) is 14.2. The quantitative estimate of drug-likeness (QED) is 0.852. The molecule has 110 valence electrons. The van der Waals surface area contributed by atoms with Gasteiger partial charge in [0.05, 0.1) is 6.10 Å². The maximum absolute atomic E-state index is 5.92. The van der Waals surface area contributed by atoms with Gasteiger partial charge in [-0.3, -0.25) is 0 Å². The zero-order chi connectivity index (χ0) is 14.7. The van der Waals surface area contributed by atoms with Crippen LogP contribution in [0.15, 0.2) is 54.6 Å². The molecule has 0 radical (unpaired) electrons. The molecule has 0 saturated heterocycles. The van der Waals surface area contributed by atoms with Gasteiger partial charge in [0.2, 0.25) is 0 Å². The minimum absolute atomic E-state index is 0.287. The predicted molar refractivity (Wildman–Crippen MR) is 86.7 cm³/mol. The summed E-state index contributed by atoms with van der Waals surface area (Å²) in [5.74, 6) is 1.41. The predicted octanol–water partition coefficient (Wildman–Crippen LogP) is 4.29. The summed E-state index contributed by atoms with van der Waals surface area (Å²) in [6.07, 6.45) is 2.83. The van der Waals surface area contributed by atoms with Gasteiger partial charge in [0.1, 0.15) is 5.75 Å². The van der Waals surface area contributed by atoms with Crippen LogP contribution in [0.2, 0.25) is 0 Å². The zero-order valence-electron chi connectivity index (χ0n) is 12.8. The standard InChI is InChI=1S/C19H23NO/c1-14(15-7-4-3-5-8-15)19(20-2)16-9-6-10-18(13-16)21-17-11-12-17/h3-10,13-14,17,19-20H,11-12H2,1-2H3. The Morgan fingerprint density at radius 2 is 1.71 bits per heavy atom. The van der Waals surface area contributed by atoms with Gasteiger partial charge >= 0.3 is 0 Å². The number of rotatable bonds is 6. The minimum Gasteiger partial charge on any atom is -0.490 e. The average Bonchev–Trinajstić information content (AvgIpc) is 3.33. The Bertz CT molecular complexity index is 577. The monoisotopic (exact) mass is 281 g/mol. The molecular formula is C19H23NO. The van der Waals surface area contributed by atoms with E-state index in [-0.39, 0.29) is 6.04 Å². The summed E-state index contributed by atoms with van der Waals surface area (Å²) >= 11 is 0. The van der Waals surface area contributed by atoms with E-state index >= 15 is 0 Å². The largest absolute Gasteiger partial charge is 0.490 e. The highest BCUT2D eigenvalue weighted by molar-refractivity contribution is 5.34. The Kier molecular flexibility index (Phi) is 4.26. The molecular weight excluding hydrogens is 258 g/mol. The SMILES string of the molecule is CNC(c1cccc(OC2CC2)c1)C(C)c1ccccc1. The van der Waals surface area contributed by atoms with Crippen LogP contribution < -0.4 is 10.1 Å². The highest BCUT2D eigenvalue weighted by atomic mass is 16.5. The fourth-order valence-corrected chi connectivity index (χ4v) is 2.81. The molecule has 2 aromatic rings. The van der Waals surface area contributed by atoms with E-state index in [4.69, 9.17) is 4.74 Å². The van der Waals surface area contributed by atoms with E-state index in [1.165, 1.54) is 24.0 Å². The van der Waals surface area contributed by atoms with Crippen LogP contribution in [0.4, 0.5) is 0 Å². The molecule has 3 rings (SSSR count). The summed E-state index contributed by atoms with van der Waals surface area (Å²) in [6, 6.07) is 19.5. The lowest BCUT2D eigenvalue weighted by Crippen LogP contribution is -2.22. The highest BCUT2D eigenvalue weighted by Gasteiger charge is 2.24. The Hall–Kier alpha value is -1.80. The van der Waals surface area contributed by atoms with Crippen LogP contribution in [0.3, 0.4) is 0 Å². The van der Waals surface area contributed by atoms with Gasteiger partial charge in [-0.05, 0) is 43.1 Å². The summed E-state index contributed by atoms with van der Waals surface area (Å²) in [5.41, 5.74) is 2.64. The lowest BCUT2D eigenvalue weighted by atomic mass is 9.88. The van der Waals surface area contributed by atoms with E-state index in [2.05, 4.69) is 66.8 Å². The van der Waals surface area contributed by atoms with Gasteiger partial charge in [-0.25, -0.2) is 0 Å². The molecule has 21 heavy (non-hydrogen) atoms. The van der Waals surface area contributed by atoms with Crippen LogP contribution >= 0.6 is 0 Å². The second-order valence-corrected chi connectivity index (χ2v) is 5.86. The molecule has 0 heterocycles. The van der Waals surface area contributed by atoms with Gasteiger partial charge in [0, 0.05) is 12.0 Å². The maximum Gasteiger partial charge on any atom is 0.120 e. The molecule has 2 unspecified atom stereocenters. The van der Waals surface area contributed by atoms with Crippen molar-refractivity contribution in [2.45, 2.75) is 37.8 Å². The number of nitrogens with one attached hydrogen (secondary N) is 1. The van der Waals surface area contributed by atoms with Crippen molar-refractivity contribution in [1.82, 2.24) is 5.32 Å². The second-order valence-electron chi connectivity index (χ2n) is 5.86. The van der Waals surface area contributed by atoms with E-state index in [9.17, 15) is 0 Å². The second kappa shape index (κ2) is 6.31. The van der Waals surface area contributed by atoms with Gasteiger partial charge in [-0.1, -0.05) is 49.4 Å². The van der Waals surface area contributed by atoms with E-state index in [0.717, 1.165) is 5.75 Å². The molecule has 2 aromatic carbocycles. The van der Waals surface area contributed by atoms with E-state index in [0.29, 0.717) is 12.0 Å². The molecule has 2 atom stereocenters. The lowest BCUT2D eigenvalue weighted by molar-refractivity contribution is 0.302. The summed E-state index contributed by atoms with van der Waals surface area (Å²) in [6.45, 7) is 2.27. The molecule has 2 nitrogen and oxygen atoms in total. The summed E-state index contributed by atoms with van der Waals surface area (Å²) < 4.78 is 5.92. The Balaban J connectivity index is 1.81. The molecule has 1 saturated carbocycles. The van der Waals surface area contributed by atoms with Gasteiger partial charge in [0.25, 0.3) is 0 Å². The van der Waals surface area contributed by atoms with Crippen molar-refractivity contribution >= 4 is 0 Å². The zero-order valence-corrected chi connectivity index (χ0v) is 12.8. The van der Waals surface area contributed by atoms with Crippen molar-refractivity contribution in [3.8, 4) is 5.75 Å². The van der Waals surface area contributed by atoms with E-state index in [1.54, 1.807) is 0 Å². The topological polar surface area (TPSA) is 21.3 Å². The van der Waals surface area contributed by atoms with Crippen molar-refractivity contribution in [2.24, 2.45) is 0 Å². The summed E-state index contributed by atoms with van der Waals surface area (Å²) in [4.78, 5) is 0. The van der Waals surface area contributed by atoms with Crippen molar-refractivity contribution in [3.05, 3.63) is 65.7 Å². The van der Waals surface area contributed by atoms with Crippen molar-refractivity contribution in [3.63, 3.8) is 0 Å². The first-order valence-electron chi connectivity index (χ1n) is 7.77. The normalized spacial score (nSPS) is 17.2. The minimum atomic E-state index is 0.287. The molecule has 0 aliphatic heterocycles. The first-order chi connectivity index (χ1) is 10.3. The fourth-order valence-electron chi connectivity index (χ4n) is 2.81. The van der Waals surface area contributed by atoms with Crippen LogP contribution in [0, 0.1) is 0 Å². The Morgan fingerprint density at radius 1 is 1.00 bits per heavy atom. The van der Waals surface area contributed by atoms with Crippen molar-refractivity contribution in [1.29, 1.82) is 0 Å². The number of ether oxygens (including phenoxy) is 1. The van der Waals surface area contributed by atoms with Crippen LogP contribution in [-0.2, 0) is 0 Å².